The summed E-state index contributed by atoms with van der Waals surface area (Å²) in [6.45, 7) is 4.39. The Bertz CT molecular complexity index is 540. The Morgan fingerprint density at radius 1 is 1.35 bits per heavy atom. The molecule has 1 aliphatic heterocycles. The zero-order chi connectivity index (χ0) is 16.3. The van der Waals surface area contributed by atoms with E-state index >= 15 is 0 Å². The molecular formula is C16H23Cl3N2O2. The number of benzene rings is 1. The van der Waals surface area contributed by atoms with Gasteiger partial charge in [-0.15, -0.1) is 12.4 Å². The molecule has 1 aromatic carbocycles. The molecule has 0 spiro atoms. The van der Waals surface area contributed by atoms with Crippen LogP contribution in [0.4, 0.5) is 0 Å². The molecule has 0 radical (unpaired) electrons. The van der Waals surface area contributed by atoms with Crippen LogP contribution < -0.4 is 10.5 Å². The second kappa shape index (κ2) is 8.97. The van der Waals surface area contributed by atoms with E-state index in [1.165, 1.54) is 0 Å². The van der Waals surface area contributed by atoms with Crippen LogP contribution in [-0.4, -0.2) is 35.5 Å². The van der Waals surface area contributed by atoms with E-state index in [-0.39, 0.29) is 30.4 Å². The summed E-state index contributed by atoms with van der Waals surface area (Å²) in [5.41, 5.74) is 6.02. The van der Waals surface area contributed by atoms with Crippen molar-refractivity contribution in [3.05, 3.63) is 28.2 Å². The maximum absolute atomic E-state index is 12.7. The van der Waals surface area contributed by atoms with Crippen molar-refractivity contribution >= 4 is 41.5 Å². The highest BCUT2D eigenvalue weighted by Gasteiger charge is 2.32. The molecule has 2 rings (SSSR count). The highest BCUT2D eigenvalue weighted by atomic mass is 35.5. The van der Waals surface area contributed by atoms with Gasteiger partial charge in [-0.25, -0.2) is 0 Å². The zero-order valence-electron chi connectivity index (χ0n) is 13.3. The number of halogens is 3. The first-order valence-corrected chi connectivity index (χ1v) is 8.34. The van der Waals surface area contributed by atoms with Crippen LogP contribution in [0.2, 0.25) is 10.0 Å². The average Bonchev–Trinajstić information content (AvgIpc) is 2.51. The van der Waals surface area contributed by atoms with Gasteiger partial charge in [0.15, 0.2) is 6.10 Å². The molecule has 1 saturated heterocycles. The van der Waals surface area contributed by atoms with Crippen molar-refractivity contribution in [1.82, 2.24) is 4.90 Å². The summed E-state index contributed by atoms with van der Waals surface area (Å²) in [7, 11) is 0. The Kier molecular flexibility index (Phi) is 7.95. The van der Waals surface area contributed by atoms with Gasteiger partial charge in [0.05, 0.1) is 5.02 Å². The number of hydrogen-bond donors (Lipinski definition) is 1. The summed E-state index contributed by atoms with van der Waals surface area (Å²) in [5.74, 6) is 0.363. The van der Waals surface area contributed by atoms with E-state index in [4.69, 9.17) is 33.7 Å². The van der Waals surface area contributed by atoms with Crippen molar-refractivity contribution < 1.29 is 9.53 Å². The van der Waals surface area contributed by atoms with Gasteiger partial charge in [-0.3, -0.25) is 4.79 Å². The molecule has 0 aliphatic carbocycles. The minimum Gasteiger partial charge on any atom is -0.479 e. The Labute approximate surface area is 153 Å². The number of carbonyl (C=O) groups is 1. The maximum atomic E-state index is 12.7. The maximum Gasteiger partial charge on any atom is 0.263 e. The third-order valence-electron chi connectivity index (χ3n) is 4.01. The number of nitrogens with zero attached hydrogens (tertiary/aromatic N) is 1. The molecular weight excluding hydrogens is 359 g/mol. The van der Waals surface area contributed by atoms with Gasteiger partial charge < -0.3 is 15.4 Å². The number of ether oxygens (including phenoxy) is 1. The number of rotatable bonds is 4. The van der Waals surface area contributed by atoms with Gasteiger partial charge in [0.25, 0.3) is 5.91 Å². The SMILES string of the molecule is CC(Oc1cccc(Cl)c1Cl)C(=O)N1CCCCC1C(C)N.Cl. The van der Waals surface area contributed by atoms with Crippen molar-refractivity contribution in [3.8, 4) is 5.75 Å². The fourth-order valence-electron chi connectivity index (χ4n) is 2.83. The summed E-state index contributed by atoms with van der Waals surface area (Å²) in [5, 5.41) is 0.733. The van der Waals surface area contributed by atoms with Gasteiger partial charge in [-0.1, -0.05) is 29.3 Å². The van der Waals surface area contributed by atoms with Gasteiger partial charge in [-0.2, -0.15) is 0 Å². The molecule has 23 heavy (non-hydrogen) atoms. The van der Waals surface area contributed by atoms with E-state index in [0.717, 1.165) is 25.8 Å². The lowest BCUT2D eigenvalue weighted by molar-refractivity contribution is -0.142. The summed E-state index contributed by atoms with van der Waals surface area (Å²) in [4.78, 5) is 14.5. The Balaban J connectivity index is 0.00000264. The lowest BCUT2D eigenvalue weighted by atomic mass is 9.96. The summed E-state index contributed by atoms with van der Waals surface area (Å²) in [6.07, 6.45) is 2.41. The second-order valence-corrected chi connectivity index (χ2v) is 6.55. The molecule has 1 aliphatic rings. The predicted octanol–water partition coefficient (Wildman–Crippen LogP) is 3.91. The van der Waals surface area contributed by atoms with Crippen molar-refractivity contribution in [2.45, 2.75) is 51.3 Å². The molecule has 0 bridgehead atoms. The van der Waals surface area contributed by atoms with Crippen molar-refractivity contribution in [3.63, 3.8) is 0 Å². The molecule has 0 aromatic heterocycles. The fraction of sp³-hybridized carbons (Fsp3) is 0.562. The smallest absolute Gasteiger partial charge is 0.263 e. The lowest BCUT2D eigenvalue weighted by Gasteiger charge is -2.39. The van der Waals surface area contributed by atoms with Crippen LogP contribution in [0.3, 0.4) is 0 Å². The summed E-state index contributed by atoms with van der Waals surface area (Å²) < 4.78 is 5.72. The van der Waals surface area contributed by atoms with Crippen LogP contribution in [-0.2, 0) is 4.79 Å². The number of piperidine rings is 1. The Hall–Kier alpha value is -0.680. The van der Waals surface area contributed by atoms with Gasteiger partial charge >= 0.3 is 0 Å². The van der Waals surface area contributed by atoms with E-state index in [1.54, 1.807) is 25.1 Å². The number of amides is 1. The fourth-order valence-corrected chi connectivity index (χ4v) is 3.16. The average molecular weight is 382 g/mol. The quantitative estimate of drug-likeness (QED) is 0.860. The Morgan fingerprint density at radius 3 is 2.70 bits per heavy atom. The van der Waals surface area contributed by atoms with Crippen LogP contribution in [0.15, 0.2) is 18.2 Å². The van der Waals surface area contributed by atoms with Gasteiger partial charge in [0.2, 0.25) is 0 Å². The first kappa shape index (κ1) is 20.4. The molecule has 1 amide bonds. The number of hydrogen-bond acceptors (Lipinski definition) is 3. The van der Waals surface area contributed by atoms with E-state index < -0.39 is 6.10 Å². The van der Waals surface area contributed by atoms with Crippen molar-refractivity contribution in [2.24, 2.45) is 5.73 Å². The largest absolute Gasteiger partial charge is 0.479 e. The van der Waals surface area contributed by atoms with E-state index in [1.807, 2.05) is 11.8 Å². The van der Waals surface area contributed by atoms with Crippen LogP contribution in [0.25, 0.3) is 0 Å². The molecule has 1 heterocycles. The standard InChI is InChI=1S/C16H22Cl2N2O2.ClH/c1-10(19)13-7-3-4-9-20(13)16(21)11(2)22-14-8-5-6-12(17)15(14)18;/h5-6,8,10-11,13H,3-4,7,9,19H2,1-2H3;1H. The first-order chi connectivity index (χ1) is 10.4. The third kappa shape index (κ3) is 4.90. The van der Waals surface area contributed by atoms with Crippen LogP contribution in [0, 0.1) is 0 Å². The van der Waals surface area contributed by atoms with Crippen molar-refractivity contribution in [1.29, 1.82) is 0 Å². The molecule has 1 aromatic rings. The van der Waals surface area contributed by atoms with Crippen LogP contribution in [0.5, 0.6) is 5.75 Å². The van der Waals surface area contributed by atoms with E-state index in [0.29, 0.717) is 15.8 Å². The molecule has 0 saturated carbocycles. The monoisotopic (exact) mass is 380 g/mol. The van der Waals surface area contributed by atoms with Gasteiger partial charge in [-0.05, 0) is 45.2 Å². The first-order valence-electron chi connectivity index (χ1n) is 7.58. The normalized spacial score (nSPS) is 20.4. The molecule has 7 heteroatoms. The zero-order valence-corrected chi connectivity index (χ0v) is 15.6. The van der Waals surface area contributed by atoms with Crippen LogP contribution >= 0.6 is 35.6 Å². The highest BCUT2D eigenvalue weighted by Crippen LogP contribution is 2.32. The molecule has 3 atom stereocenters. The van der Waals surface area contributed by atoms with E-state index in [9.17, 15) is 4.79 Å². The van der Waals surface area contributed by atoms with E-state index in [2.05, 4.69) is 0 Å². The number of likely N-dealkylation sites (tertiary alicyclic amines) is 1. The van der Waals surface area contributed by atoms with Crippen molar-refractivity contribution in [2.75, 3.05) is 6.54 Å². The van der Waals surface area contributed by atoms with Crippen LogP contribution in [0.1, 0.15) is 33.1 Å². The Morgan fingerprint density at radius 2 is 2.04 bits per heavy atom. The summed E-state index contributed by atoms with van der Waals surface area (Å²) >= 11 is 12.1. The molecule has 130 valence electrons. The molecule has 1 fully saturated rings. The van der Waals surface area contributed by atoms with Gasteiger partial charge in [0.1, 0.15) is 10.8 Å². The lowest BCUT2D eigenvalue weighted by Crippen LogP contribution is -2.54. The molecule has 4 nitrogen and oxygen atoms in total. The highest BCUT2D eigenvalue weighted by molar-refractivity contribution is 6.42. The minimum atomic E-state index is -0.629. The second-order valence-electron chi connectivity index (χ2n) is 5.77. The minimum absolute atomic E-state index is 0. The summed E-state index contributed by atoms with van der Waals surface area (Å²) in [6, 6.07) is 5.15. The number of carbonyl (C=O) groups excluding carboxylic acids is 1. The molecule has 2 N–H and O–H groups in total. The predicted molar refractivity (Wildman–Crippen MR) is 96.8 cm³/mol. The third-order valence-corrected chi connectivity index (χ3v) is 4.81. The topological polar surface area (TPSA) is 55.6 Å². The van der Waals surface area contributed by atoms with Gasteiger partial charge in [0, 0.05) is 18.6 Å². The molecule has 3 unspecified atom stereocenters. The number of nitrogens with two attached hydrogens (primary N) is 1.